The van der Waals surface area contributed by atoms with E-state index in [0.717, 1.165) is 70.6 Å². The highest BCUT2D eigenvalue weighted by Crippen LogP contribution is 2.15. The molecule has 0 aromatic heterocycles. The summed E-state index contributed by atoms with van der Waals surface area (Å²) in [5.74, 6) is -0.954. The number of esters is 3. The van der Waals surface area contributed by atoms with Crippen molar-refractivity contribution in [3.8, 4) is 0 Å². The molecule has 0 fully saturated rings. The maximum Gasteiger partial charge on any atom is 0.306 e. The number of hydrogen-bond acceptors (Lipinski definition) is 6. The molecule has 0 amide bonds. The number of carbonyl (C=O) groups is 3. The molecule has 0 unspecified atom stereocenters. The second-order valence-electron chi connectivity index (χ2n) is 19.5. The highest BCUT2D eigenvalue weighted by molar-refractivity contribution is 5.71. The van der Waals surface area contributed by atoms with Crippen molar-refractivity contribution >= 4 is 17.9 Å². The van der Waals surface area contributed by atoms with E-state index in [9.17, 15) is 14.4 Å². The minimum atomic E-state index is -0.802. The van der Waals surface area contributed by atoms with Crippen LogP contribution in [0.5, 0.6) is 0 Å². The van der Waals surface area contributed by atoms with Crippen molar-refractivity contribution in [1.29, 1.82) is 0 Å². The molecule has 0 aliphatic carbocycles. The summed E-state index contributed by atoms with van der Waals surface area (Å²) in [6.07, 6.45) is 73.2. The van der Waals surface area contributed by atoms with Crippen LogP contribution in [0.2, 0.25) is 0 Å². The quantitative estimate of drug-likeness (QED) is 0.0262. The van der Waals surface area contributed by atoms with Crippen molar-refractivity contribution in [3.05, 3.63) is 72.9 Å². The Bertz CT molecular complexity index is 1290. The van der Waals surface area contributed by atoms with Crippen LogP contribution in [0.15, 0.2) is 72.9 Å². The minimum absolute atomic E-state index is 0.0963. The van der Waals surface area contributed by atoms with Crippen LogP contribution in [0.25, 0.3) is 0 Å². The van der Waals surface area contributed by atoms with Crippen molar-refractivity contribution in [3.63, 3.8) is 0 Å². The third-order valence-corrected chi connectivity index (χ3v) is 12.7. The predicted octanol–water partition coefficient (Wildman–Crippen LogP) is 19.8. The normalized spacial score (nSPS) is 12.6. The number of ether oxygens (including phenoxy) is 3. The molecule has 6 heteroatoms. The zero-order chi connectivity index (χ0) is 50.0. The Morgan fingerprint density at radius 1 is 0.290 bits per heavy atom. The number of rotatable bonds is 53. The molecule has 0 aromatic rings. The molecule has 69 heavy (non-hydrogen) atoms. The molecule has 0 spiro atoms. The lowest BCUT2D eigenvalue weighted by Gasteiger charge is -2.18. The van der Waals surface area contributed by atoms with E-state index in [4.69, 9.17) is 14.2 Å². The first-order chi connectivity index (χ1) is 34.0. The maximum absolute atomic E-state index is 12.9. The van der Waals surface area contributed by atoms with Gasteiger partial charge in [0.05, 0.1) is 0 Å². The molecule has 0 aliphatic heterocycles. The van der Waals surface area contributed by atoms with E-state index in [2.05, 4.69) is 93.7 Å². The van der Waals surface area contributed by atoms with Crippen molar-refractivity contribution in [2.24, 2.45) is 0 Å². The van der Waals surface area contributed by atoms with E-state index in [0.29, 0.717) is 19.3 Å². The van der Waals surface area contributed by atoms with Crippen LogP contribution in [0.1, 0.15) is 290 Å². The summed E-state index contributed by atoms with van der Waals surface area (Å²) in [7, 11) is 0. The maximum atomic E-state index is 12.9. The van der Waals surface area contributed by atoms with E-state index in [1.165, 1.54) is 173 Å². The molecule has 0 aliphatic rings. The van der Waals surface area contributed by atoms with Gasteiger partial charge in [0, 0.05) is 19.3 Å². The SMILES string of the molecule is CCCCC/C=C\C/C=C\CCCCCCCCCCCC(=O)O[C@H](COC(=O)CCC/C=C\C/C=C\C/C=C\CCCCCCCC)COC(=O)CCCCCCC/C=C\CCCCCCCC. The van der Waals surface area contributed by atoms with Gasteiger partial charge in [-0.1, -0.05) is 235 Å². The van der Waals surface area contributed by atoms with Crippen molar-refractivity contribution in [2.45, 2.75) is 297 Å². The van der Waals surface area contributed by atoms with Crippen LogP contribution in [-0.2, 0) is 28.6 Å². The zero-order valence-corrected chi connectivity index (χ0v) is 45.6. The number of unbranched alkanes of at least 4 members (excludes halogenated alkanes) is 30. The van der Waals surface area contributed by atoms with Gasteiger partial charge in [-0.15, -0.1) is 0 Å². The summed E-state index contributed by atoms with van der Waals surface area (Å²) in [5.41, 5.74) is 0. The fourth-order valence-electron chi connectivity index (χ4n) is 8.19. The lowest BCUT2D eigenvalue weighted by atomic mass is 10.1. The fourth-order valence-corrected chi connectivity index (χ4v) is 8.19. The van der Waals surface area contributed by atoms with E-state index < -0.39 is 6.10 Å². The van der Waals surface area contributed by atoms with Crippen LogP contribution in [0.4, 0.5) is 0 Å². The fraction of sp³-hybridized carbons (Fsp3) is 0.762. The van der Waals surface area contributed by atoms with Gasteiger partial charge in [-0.3, -0.25) is 14.4 Å². The third-order valence-electron chi connectivity index (χ3n) is 12.7. The molecule has 6 nitrogen and oxygen atoms in total. The summed E-state index contributed by atoms with van der Waals surface area (Å²) in [6.45, 7) is 6.57. The van der Waals surface area contributed by atoms with Gasteiger partial charge in [-0.25, -0.2) is 0 Å². The molecular formula is C63H110O6. The molecule has 0 aromatic carbocycles. The first-order valence-electron chi connectivity index (χ1n) is 29.4. The molecular weight excluding hydrogens is 853 g/mol. The van der Waals surface area contributed by atoms with E-state index in [-0.39, 0.29) is 37.5 Å². The van der Waals surface area contributed by atoms with Gasteiger partial charge >= 0.3 is 17.9 Å². The van der Waals surface area contributed by atoms with Crippen LogP contribution >= 0.6 is 0 Å². The second kappa shape index (κ2) is 57.4. The molecule has 0 saturated carbocycles. The number of hydrogen-bond donors (Lipinski definition) is 0. The van der Waals surface area contributed by atoms with E-state index in [1.54, 1.807) is 0 Å². The predicted molar refractivity (Wildman–Crippen MR) is 298 cm³/mol. The van der Waals surface area contributed by atoms with Crippen molar-refractivity contribution in [2.75, 3.05) is 13.2 Å². The molecule has 0 N–H and O–H groups in total. The average Bonchev–Trinajstić information content (AvgIpc) is 3.35. The standard InChI is InChI=1S/C63H110O6/c1-4-7-10-13-16-19-22-25-28-30-31-33-36-39-42-45-48-51-54-57-63(66)69-60(58-67-61(64)55-52-49-46-43-40-37-34-27-24-21-18-15-12-9-6-3)59-68-62(65)56-53-50-47-44-41-38-35-32-29-26-23-20-17-14-11-8-5-2/h16,19,25-29,34-35,38,44,47,60H,4-15,17-18,20-24,30-33,36-37,39-43,45-46,48-59H2,1-3H3/b19-16-,28-25-,29-26-,34-27-,38-35-,47-44-/t60-/m0/s1. The van der Waals surface area contributed by atoms with Gasteiger partial charge in [-0.05, 0) is 109 Å². The number of allylic oxidation sites excluding steroid dienone is 12. The average molecular weight is 964 g/mol. The molecule has 0 heterocycles. The Morgan fingerprint density at radius 2 is 0.536 bits per heavy atom. The highest BCUT2D eigenvalue weighted by atomic mass is 16.6. The number of carbonyl (C=O) groups excluding carboxylic acids is 3. The lowest BCUT2D eigenvalue weighted by Crippen LogP contribution is -2.30. The summed E-state index contributed by atoms with van der Waals surface area (Å²) in [4.78, 5) is 38.2. The second-order valence-corrected chi connectivity index (χ2v) is 19.5. The largest absolute Gasteiger partial charge is 0.462 e. The van der Waals surface area contributed by atoms with E-state index >= 15 is 0 Å². The van der Waals surface area contributed by atoms with Crippen LogP contribution in [0.3, 0.4) is 0 Å². The Kier molecular flexibility index (Phi) is 54.8. The Hall–Kier alpha value is -3.15. The van der Waals surface area contributed by atoms with Crippen LogP contribution in [-0.4, -0.2) is 37.2 Å². The Balaban J connectivity index is 4.46. The van der Waals surface area contributed by atoms with Gasteiger partial charge in [0.15, 0.2) is 6.10 Å². The first kappa shape index (κ1) is 65.8. The molecule has 398 valence electrons. The molecule has 0 bridgehead atoms. The monoisotopic (exact) mass is 963 g/mol. The molecule has 0 rings (SSSR count). The zero-order valence-electron chi connectivity index (χ0n) is 45.6. The van der Waals surface area contributed by atoms with Crippen molar-refractivity contribution < 1.29 is 28.6 Å². The van der Waals surface area contributed by atoms with E-state index in [1.807, 2.05) is 0 Å². The van der Waals surface area contributed by atoms with Crippen molar-refractivity contribution in [1.82, 2.24) is 0 Å². The smallest absolute Gasteiger partial charge is 0.306 e. The highest BCUT2D eigenvalue weighted by Gasteiger charge is 2.19. The molecule has 0 saturated heterocycles. The topological polar surface area (TPSA) is 78.9 Å². The first-order valence-corrected chi connectivity index (χ1v) is 29.4. The van der Waals surface area contributed by atoms with Gasteiger partial charge in [0.2, 0.25) is 0 Å². The molecule has 0 radical (unpaired) electrons. The summed E-state index contributed by atoms with van der Waals surface area (Å²) >= 11 is 0. The lowest BCUT2D eigenvalue weighted by molar-refractivity contribution is -0.167. The minimum Gasteiger partial charge on any atom is -0.462 e. The summed E-state index contributed by atoms with van der Waals surface area (Å²) in [6, 6.07) is 0. The van der Waals surface area contributed by atoms with Gasteiger partial charge in [-0.2, -0.15) is 0 Å². The van der Waals surface area contributed by atoms with Gasteiger partial charge in [0.1, 0.15) is 13.2 Å². The van der Waals surface area contributed by atoms with Crippen LogP contribution in [0, 0.1) is 0 Å². The summed E-state index contributed by atoms with van der Waals surface area (Å²) < 4.78 is 16.8. The van der Waals surface area contributed by atoms with Crippen LogP contribution < -0.4 is 0 Å². The third kappa shape index (κ3) is 55.6. The van der Waals surface area contributed by atoms with Gasteiger partial charge < -0.3 is 14.2 Å². The Morgan fingerprint density at radius 3 is 0.913 bits per heavy atom. The summed E-state index contributed by atoms with van der Waals surface area (Å²) in [5, 5.41) is 0. The molecule has 1 atom stereocenters. The van der Waals surface area contributed by atoms with Gasteiger partial charge in [0.25, 0.3) is 0 Å². The Labute approximate surface area is 427 Å².